The predicted octanol–water partition coefficient (Wildman–Crippen LogP) is 4.83. The Labute approximate surface area is 145 Å². The summed E-state index contributed by atoms with van der Waals surface area (Å²) in [5.41, 5.74) is 1.37. The maximum absolute atomic E-state index is 12.0. The van der Waals surface area contributed by atoms with Gasteiger partial charge < -0.3 is 15.4 Å². The lowest BCUT2D eigenvalue weighted by Crippen LogP contribution is -2.21. The molecule has 0 bridgehead atoms. The molecule has 0 radical (unpaired) electrons. The van der Waals surface area contributed by atoms with E-state index in [1.165, 1.54) is 0 Å². The summed E-state index contributed by atoms with van der Waals surface area (Å²) in [6, 6.07) is 12.4. The van der Waals surface area contributed by atoms with E-state index in [4.69, 9.17) is 27.9 Å². The van der Waals surface area contributed by atoms with Crippen LogP contribution in [0.4, 0.5) is 11.4 Å². The summed E-state index contributed by atoms with van der Waals surface area (Å²) in [5.74, 6) is 0.561. The van der Waals surface area contributed by atoms with E-state index in [9.17, 15) is 4.79 Å². The summed E-state index contributed by atoms with van der Waals surface area (Å²) in [7, 11) is 0. The Morgan fingerprint density at radius 1 is 1.09 bits per heavy atom. The topological polar surface area (TPSA) is 50.4 Å². The minimum atomic E-state index is -0.196. The van der Waals surface area contributed by atoms with E-state index in [2.05, 4.69) is 10.6 Å². The normalized spacial score (nSPS) is 10.5. The number of halogens is 2. The predicted molar refractivity (Wildman–Crippen MR) is 95.8 cm³/mol. The number of hydrogen-bond donors (Lipinski definition) is 2. The van der Waals surface area contributed by atoms with Crippen molar-refractivity contribution in [2.75, 3.05) is 17.2 Å². The largest absolute Gasteiger partial charge is 0.491 e. The highest BCUT2D eigenvalue weighted by molar-refractivity contribution is 6.35. The number of hydrogen-bond acceptors (Lipinski definition) is 3. The van der Waals surface area contributed by atoms with Crippen LogP contribution >= 0.6 is 23.2 Å². The minimum absolute atomic E-state index is 0.0983. The van der Waals surface area contributed by atoms with Gasteiger partial charge >= 0.3 is 0 Å². The SMILES string of the molecule is CC(C)Oc1cccc(NCC(=O)Nc2cc(Cl)cc(Cl)c2)c1. The fourth-order valence-electron chi connectivity index (χ4n) is 1.97. The third-order valence-electron chi connectivity index (χ3n) is 2.81. The number of rotatable bonds is 6. The molecular formula is C17H18Cl2N2O2. The minimum Gasteiger partial charge on any atom is -0.491 e. The van der Waals surface area contributed by atoms with Crippen molar-refractivity contribution in [3.63, 3.8) is 0 Å². The molecule has 0 heterocycles. The van der Waals surface area contributed by atoms with Crippen LogP contribution in [0.25, 0.3) is 0 Å². The second kappa shape index (κ2) is 8.09. The van der Waals surface area contributed by atoms with Gasteiger partial charge in [-0.3, -0.25) is 4.79 Å². The molecular weight excluding hydrogens is 335 g/mol. The summed E-state index contributed by atoms with van der Waals surface area (Å²) in [5, 5.41) is 6.73. The van der Waals surface area contributed by atoms with Gasteiger partial charge in [0.15, 0.2) is 0 Å². The standard InChI is InChI=1S/C17H18Cl2N2O2/c1-11(2)23-16-5-3-4-14(9-16)20-10-17(22)21-15-7-12(18)6-13(19)8-15/h3-9,11,20H,10H2,1-2H3,(H,21,22). The number of ether oxygens (including phenoxy) is 1. The van der Waals surface area contributed by atoms with Crippen LogP contribution in [0, 0.1) is 0 Å². The number of benzene rings is 2. The van der Waals surface area contributed by atoms with Crippen molar-refractivity contribution in [2.24, 2.45) is 0 Å². The van der Waals surface area contributed by atoms with Gasteiger partial charge in [-0.2, -0.15) is 0 Å². The molecule has 0 aromatic heterocycles. The molecule has 0 aliphatic carbocycles. The number of anilines is 2. The van der Waals surface area contributed by atoms with Crippen molar-refractivity contribution in [3.05, 3.63) is 52.5 Å². The molecule has 0 saturated carbocycles. The molecule has 0 fully saturated rings. The van der Waals surface area contributed by atoms with Crippen LogP contribution < -0.4 is 15.4 Å². The van der Waals surface area contributed by atoms with Crippen molar-refractivity contribution >= 4 is 40.5 Å². The molecule has 4 nitrogen and oxygen atoms in total. The monoisotopic (exact) mass is 352 g/mol. The van der Waals surface area contributed by atoms with Gasteiger partial charge in [0.1, 0.15) is 5.75 Å². The highest BCUT2D eigenvalue weighted by atomic mass is 35.5. The van der Waals surface area contributed by atoms with E-state index in [0.717, 1.165) is 11.4 Å². The van der Waals surface area contributed by atoms with Crippen LogP contribution in [0.15, 0.2) is 42.5 Å². The first-order valence-electron chi connectivity index (χ1n) is 7.19. The lowest BCUT2D eigenvalue weighted by Gasteiger charge is -2.12. The highest BCUT2D eigenvalue weighted by Gasteiger charge is 2.05. The number of carbonyl (C=O) groups excluding carboxylic acids is 1. The number of carbonyl (C=O) groups is 1. The van der Waals surface area contributed by atoms with Crippen molar-refractivity contribution < 1.29 is 9.53 Å². The maximum Gasteiger partial charge on any atom is 0.243 e. The summed E-state index contributed by atoms with van der Waals surface area (Å²) in [6.07, 6.45) is 0.0983. The molecule has 23 heavy (non-hydrogen) atoms. The average molecular weight is 353 g/mol. The second-order valence-electron chi connectivity index (χ2n) is 5.25. The third-order valence-corrected chi connectivity index (χ3v) is 3.24. The maximum atomic E-state index is 12.0. The van der Waals surface area contributed by atoms with Gasteiger partial charge in [-0.1, -0.05) is 29.3 Å². The third kappa shape index (κ3) is 6.00. The zero-order valence-corrected chi connectivity index (χ0v) is 14.4. The molecule has 0 aliphatic rings. The Bertz CT molecular complexity index is 670. The smallest absolute Gasteiger partial charge is 0.243 e. The Hall–Kier alpha value is -1.91. The van der Waals surface area contributed by atoms with Gasteiger partial charge in [0.2, 0.25) is 5.91 Å². The summed E-state index contributed by atoms with van der Waals surface area (Å²) in [4.78, 5) is 12.0. The number of nitrogens with one attached hydrogen (secondary N) is 2. The Balaban J connectivity index is 1.91. The molecule has 6 heteroatoms. The fraction of sp³-hybridized carbons (Fsp3) is 0.235. The molecule has 2 N–H and O–H groups in total. The van der Waals surface area contributed by atoms with E-state index >= 15 is 0 Å². The van der Waals surface area contributed by atoms with Crippen LogP contribution in [0.2, 0.25) is 10.0 Å². The van der Waals surface area contributed by atoms with Crippen molar-refractivity contribution in [1.82, 2.24) is 0 Å². The van der Waals surface area contributed by atoms with Gasteiger partial charge in [-0.05, 0) is 44.2 Å². The van der Waals surface area contributed by atoms with E-state index < -0.39 is 0 Å². The first-order chi connectivity index (χ1) is 10.9. The average Bonchev–Trinajstić information content (AvgIpc) is 2.43. The van der Waals surface area contributed by atoms with Gasteiger partial charge in [-0.25, -0.2) is 0 Å². The van der Waals surface area contributed by atoms with Crippen molar-refractivity contribution in [3.8, 4) is 5.75 Å². The quantitative estimate of drug-likeness (QED) is 0.782. The Kier molecular flexibility index (Phi) is 6.13. The van der Waals surface area contributed by atoms with Crippen LogP contribution in [-0.4, -0.2) is 18.6 Å². The van der Waals surface area contributed by atoms with Crippen LogP contribution in [0.5, 0.6) is 5.75 Å². The van der Waals surface area contributed by atoms with E-state index in [-0.39, 0.29) is 18.6 Å². The van der Waals surface area contributed by atoms with Crippen LogP contribution in [-0.2, 0) is 4.79 Å². The van der Waals surface area contributed by atoms with E-state index in [0.29, 0.717) is 15.7 Å². The zero-order valence-electron chi connectivity index (χ0n) is 12.9. The van der Waals surface area contributed by atoms with Gasteiger partial charge in [0.25, 0.3) is 0 Å². The molecule has 2 aromatic carbocycles. The second-order valence-corrected chi connectivity index (χ2v) is 6.13. The van der Waals surface area contributed by atoms with Gasteiger partial charge in [0, 0.05) is 27.5 Å². The first-order valence-corrected chi connectivity index (χ1v) is 7.94. The Morgan fingerprint density at radius 3 is 2.43 bits per heavy atom. The Morgan fingerprint density at radius 2 is 1.78 bits per heavy atom. The summed E-state index contributed by atoms with van der Waals surface area (Å²) >= 11 is 11.8. The van der Waals surface area contributed by atoms with Crippen LogP contribution in [0.1, 0.15) is 13.8 Å². The first kappa shape index (κ1) is 17.4. The summed E-state index contributed by atoms with van der Waals surface area (Å²) in [6.45, 7) is 4.04. The molecule has 0 atom stereocenters. The zero-order chi connectivity index (χ0) is 16.8. The lowest BCUT2D eigenvalue weighted by molar-refractivity contribution is -0.114. The lowest BCUT2D eigenvalue weighted by atomic mass is 10.3. The summed E-state index contributed by atoms with van der Waals surface area (Å²) < 4.78 is 5.61. The molecule has 2 aromatic rings. The molecule has 0 saturated heterocycles. The molecule has 0 unspecified atom stereocenters. The fourth-order valence-corrected chi connectivity index (χ4v) is 2.49. The van der Waals surface area contributed by atoms with Crippen molar-refractivity contribution in [2.45, 2.75) is 20.0 Å². The highest BCUT2D eigenvalue weighted by Crippen LogP contribution is 2.22. The molecule has 2 rings (SSSR count). The molecule has 122 valence electrons. The van der Waals surface area contributed by atoms with Crippen LogP contribution in [0.3, 0.4) is 0 Å². The van der Waals surface area contributed by atoms with Gasteiger partial charge in [0.05, 0.1) is 12.6 Å². The molecule has 0 spiro atoms. The van der Waals surface area contributed by atoms with E-state index in [1.54, 1.807) is 18.2 Å². The van der Waals surface area contributed by atoms with Gasteiger partial charge in [-0.15, -0.1) is 0 Å². The molecule has 1 amide bonds. The number of amides is 1. The van der Waals surface area contributed by atoms with E-state index in [1.807, 2.05) is 38.1 Å². The molecule has 0 aliphatic heterocycles. The van der Waals surface area contributed by atoms with Crippen molar-refractivity contribution in [1.29, 1.82) is 0 Å².